The smallest absolute Gasteiger partial charge is 0.305 e. The first kappa shape index (κ1) is 13.6. The average Bonchev–Trinajstić information content (AvgIpc) is 2.98. The monoisotopic (exact) mass is 295 g/mol. The molecule has 1 atom stereocenters. The molecule has 0 saturated carbocycles. The zero-order chi connectivity index (χ0) is 14.1. The van der Waals surface area contributed by atoms with Crippen LogP contribution in [0.4, 0.5) is 0 Å². The quantitative estimate of drug-likeness (QED) is 0.919. The highest BCUT2D eigenvalue weighted by molar-refractivity contribution is 7.14. The van der Waals surface area contributed by atoms with Crippen LogP contribution in [-0.2, 0) is 22.4 Å². The van der Waals surface area contributed by atoms with E-state index < -0.39 is 5.97 Å². The highest BCUT2D eigenvalue weighted by Gasteiger charge is 2.31. The van der Waals surface area contributed by atoms with Crippen LogP contribution in [0.15, 0.2) is 6.07 Å². The summed E-state index contributed by atoms with van der Waals surface area (Å²) >= 11 is 1.57. The van der Waals surface area contributed by atoms with Crippen molar-refractivity contribution in [2.45, 2.75) is 31.7 Å². The summed E-state index contributed by atoms with van der Waals surface area (Å²) in [5, 5.41) is 8.94. The fourth-order valence-electron chi connectivity index (χ4n) is 2.87. The molecular weight excluding hydrogens is 278 g/mol. The molecule has 20 heavy (non-hydrogen) atoms. The first-order valence-electron chi connectivity index (χ1n) is 6.87. The molecule has 3 rings (SSSR count). The number of morpholine rings is 1. The van der Waals surface area contributed by atoms with E-state index in [9.17, 15) is 9.59 Å². The number of rotatable bonds is 3. The maximum Gasteiger partial charge on any atom is 0.305 e. The third-order valence-corrected chi connectivity index (χ3v) is 5.08. The van der Waals surface area contributed by atoms with Gasteiger partial charge in [-0.15, -0.1) is 11.3 Å². The average molecular weight is 295 g/mol. The Kier molecular flexibility index (Phi) is 3.76. The minimum atomic E-state index is -0.896. The van der Waals surface area contributed by atoms with Crippen LogP contribution in [0, 0.1) is 0 Å². The number of aryl methyl sites for hydroxylation is 2. The highest BCUT2D eigenvalue weighted by Crippen LogP contribution is 2.31. The number of amides is 1. The number of ether oxygens (including phenoxy) is 1. The van der Waals surface area contributed by atoms with Gasteiger partial charge in [-0.25, -0.2) is 0 Å². The lowest BCUT2D eigenvalue weighted by atomic mass is 10.1. The molecule has 1 N–H and O–H groups in total. The van der Waals surface area contributed by atoms with Gasteiger partial charge in [-0.2, -0.15) is 0 Å². The van der Waals surface area contributed by atoms with Crippen molar-refractivity contribution in [3.05, 3.63) is 21.4 Å². The fourth-order valence-corrected chi connectivity index (χ4v) is 4.08. The normalized spacial score (nSPS) is 21.8. The highest BCUT2D eigenvalue weighted by atomic mass is 32.1. The predicted molar refractivity (Wildman–Crippen MR) is 74.2 cm³/mol. The van der Waals surface area contributed by atoms with Crippen LogP contribution in [-0.4, -0.2) is 47.7 Å². The summed E-state index contributed by atoms with van der Waals surface area (Å²) in [4.78, 5) is 27.2. The van der Waals surface area contributed by atoms with Crippen LogP contribution in [0.5, 0.6) is 0 Å². The lowest BCUT2D eigenvalue weighted by molar-refractivity contribution is -0.139. The van der Waals surface area contributed by atoms with E-state index in [2.05, 4.69) is 0 Å². The molecule has 0 radical (unpaired) electrons. The van der Waals surface area contributed by atoms with Gasteiger partial charge < -0.3 is 14.7 Å². The van der Waals surface area contributed by atoms with Gasteiger partial charge in [0, 0.05) is 11.4 Å². The van der Waals surface area contributed by atoms with Crippen LogP contribution in [0.2, 0.25) is 0 Å². The Hall–Kier alpha value is -1.40. The van der Waals surface area contributed by atoms with Gasteiger partial charge in [-0.3, -0.25) is 9.59 Å². The van der Waals surface area contributed by atoms with Crippen LogP contribution < -0.4 is 0 Å². The molecule has 6 heteroatoms. The topological polar surface area (TPSA) is 66.8 Å². The maximum atomic E-state index is 12.6. The Morgan fingerprint density at radius 3 is 3.05 bits per heavy atom. The van der Waals surface area contributed by atoms with E-state index in [-0.39, 0.29) is 18.4 Å². The van der Waals surface area contributed by atoms with Gasteiger partial charge in [-0.05, 0) is 30.9 Å². The third-order valence-electron chi connectivity index (χ3n) is 3.86. The number of carbonyl (C=O) groups excluding carboxylic acids is 1. The molecular formula is C14H17NO4S. The van der Waals surface area contributed by atoms with Gasteiger partial charge in [0.05, 0.1) is 30.6 Å². The zero-order valence-electron chi connectivity index (χ0n) is 11.1. The molecule has 108 valence electrons. The van der Waals surface area contributed by atoms with E-state index in [1.54, 1.807) is 16.2 Å². The molecule has 1 aliphatic heterocycles. The Labute approximate surface area is 121 Å². The van der Waals surface area contributed by atoms with E-state index in [1.807, 2.05) is 6.07 Å². The molecule has 1 fully saturated rings. The lowest BCUT2D eigenvalue weighted by Gasteiger charge is -2.34. The Morgan fingerprint density at radius 2 is 2.30 bits per heavy atom. The molecule has 0 bridgehead atoms. The molecule has 0 spiro atoms. The Morgan fingerprint density at radius 1 is 1.45 bits per heavy atom. The second-order valence-electron chi connectivity index (χ2n) is 5.24. The predicted octanol–water partition coefficient (Wildman–Crippen LogP) is 1.55. The number of thiophene rings is 1. The van der Waals surface area contributed by atoms with Gasteiger partial charge in [-0.1, -0.05) is 0 Å². The second-order valence-corrected chi connectivity index (χ2v) is 6.37. The number of hydrogen-bond donors (Lipinski definition) is 1. The number of nitrogens with zero attached hydrogens (tertiary/aromatic N) is 1. The summed E-state index contributed by atoms with van der Waals surface area (Å²) in [6.07, 6.45) is 3.24. The largest absolute Gasteiger partial charge is 0.481 e. The molecule has 1 amide bonds. The molecule has 0 aromatic carbocycles. The van der Waals surface area contributed by atoms with Crippen molar-refractivity contribution >= 4 is 23.2 Å². The SMILES string of the molecule is O=C(O)CC1COCCN1C(=O)c1cc2c(s1)CCC2. The van der Waals surface area contributed by atoms with E-state index in [1.165, 1.54) is 16.9 Å². The number of fused-ring (bicyclic) bond motifs is 1. The van der Waals surface area contributed by atoms with Crippen LogP contribution in [0.3, 0.4) is 0 Å². The standard InChI is InChI=1S/C14H17NO4S/c16-13(17)7-10-8-19-5-4-15(10)14(18)12-6-9-2-1-3-11(9)20-12/h6,10H,1-5,7-8H2,(H,16,17). The summed E-state index contributed by atoms with van der Waals surface area (Å²) in [7, 11) is 0. The van der Waals surface area contributed by atoms with Crippen molar-refractivity contribution in [3.8, 4) is 0 Å². The van der Waals surface area contributed by atoms with Crippen molar-refractivity contribution in [2.24, 2.45) is 0 Å². The van der Waals surface area contributed by atoms with Crippen molar-refractivity contribution in [1.82, 2.24) is 4.90 Å². The third kappa shape index (κ3) is 2.58. The number of aliphatic carboxylic acids is 1. The molecule has 1 saturated heterocycles. The van der Waals surface area contributed by atoms with Crippen molar-refractivity contribution < 1.29 is 19.4 Å². The maximum absolute atomic E-state index is 12.6. The molecule has 1 aliphatic carbocycles. The Balaban J connectivity index is 1.78. The van der Waals surface area contributed by atoms with Crippen molar-refractivity contribution in [2.75, 3.05) is 19.8 Å². The van der Waals surface area contributed by atoms with Crippen molar-refractivity contribution in [3.63, 3.8) is 0 Å². The van der Waals surface area contributed by atoms with Gasteiger partial charge in [0.15, 0.2) is 0 Å². The van der Waals surface area contributed by atoms with E-state index in [0.29, 0.717) is 19.8 Å². The minimum absolute atomic E-state index is 0.0426. The first-order chi connectivity index (χ1) is 9.65. The molecule has 2 aliphatic rings. The summed E-state index contributed by atoms with van der Waals surface area (Å²) in [6.45, 7) is 1.26. The molecule has 1 unspecified atom stereocenters. The van der Waals surface area contributed by atoms with Crippen molar-refractivity contribution in [1.29, 1.82) is 0 Å². The van der Waals surface area contributed by atoms with Gasteiger partial charge in [0.1, 0.15) is 0 Å². The lowest BCUT2D eigenvalue weighted by Crippen LogP contribution is -2.49. The molecule has 1 aromatic rings. The van der Waals surface area contributed by atoms with E-state index in [0.717, 1.165) is 17.7 Å². The molecule has 5 nitrogen and oxygen atoms in total. The fraction of sp³-hybridized carbons (Fsp3) is 0.571. The summed E-state index contributed by atoms with van der Waals surface area (Å²) in [5.41, 5.74) is 1.29. The van der Waals surface area contributed by atoms with Crippen LogP contribution in [0.1, 0.15) is 33.0 Å². The Bertz CT molecular complexity index is 518. The van der Waals surface area contributed by atoms with Gasteiger partial charge in [0.2, 0.25) is 0 Å². The second kappa shape index (κ2) is 5.54. The number of carboxylic acid groups (broad SMARTS) is 1. The van der Waals surface area contributed by atoms with Gasteiger partial charge >= 0.3 is 5.97 Å². The zero-order valence-corrected chi connectivity index (χ0v) is 11.9. The van der Waals surface area contributed by atoms with E-state index >= 15 is 0 Å². The van der Waals surface area contributed by atoms with Crippen LogP contribution in [0.25, 0.3) is 0 Å². The van der Waals surface area contributed by atoms with Gasteiger partial charge in [0.25, 0.3) is 5.91 Å². The minimum Gasteiger partial charge on any atom is -0.481 e. The number of carboxylic acids is 1. The molecule has 2 heterocycles. The molecule has 1 aromatic heterocycles. The summed E-state index contributed by atoms with van der Waals surface area (Å²) in [5.74, 6) is -0.939. The summed E-state index contributed by atoms with van der Waals surface area (Å²) in [6, 6.07) is 1.63. The van der Waals surface area contributed by atoms with Crippen LogP contribution >= 0.6 is 11.3 Å². The van der Waals surface area contributed by atoms with E-state index in [4.69, 9.17) is 9.84 Å². The first-order valence-corrected chi connectivity index (χ1v) is 7.69. The summed E-state index contributed by atoms with van der Waals surface area (Å²) < 4.78 is 5.31. The number of carbonyl (C=O) groups is 2. The number of hydrogen-bond acceptors (Lipinski definition) is 4.